The zero-order chi connectivity index (χ0) is 16.1. The van der Waals surface area contributed by atoms with E-state index in [0.29, 0.717) is 32.0 Å². The van der Waals surface area contributed by atoms with Gasteiger partial charge >= 0.3 is 11.9 Å². The summed E-state index contributed by atoms with van der Waals surface area (Å²) in [6, 6.07) is 0. The number of carbonyl (C=O) groups is 2. The van der Waals surface area contributed by atoms with Crippen LogP contribution in [0.1, 0.15) is 47.5 Å². The molecule has 0 aliphatic carbocycles. The summed E-state index contributed by atoms with van der Waals surface area (Å²) in [6.07, 6.45) is 1.31. The van der Waals surface area contributed by atoms with Crippen molar-refractivity contribution in [3.63, 3.8) is 0 Å². The van der Waals surface area contributed by atoms with E-state index in [0.717, 1.165) is 0 Å². The van der Waals surface area contributed by atoms with Crippen LogP contribution in [0.2, 0.25) is 0 Å². The zero-order valence-corrected chi connectivity index (χ0v) is 13.5. The van der Waals surface area contributed by atoms with Gasteiger partial charge in [-0.05, 0) is 33.6 Å². The summed E-state index contributed by atoms with van der Waals surface area (Å²) in [6.45, 7) is 9.74. The van der Waals surface area contributed by atoms with Crippen LogP contribution in [0.15, 0.2) is 4.99 Å². The highest BCUT2D eigenvalue weighted by Crippen LogP contribution is 2.32. The van der Waals surface area contributed by atoms with Gasteiger partial charge < -0.3 is 14.2 Å². The van der Waals surface area contributed by atoms with Crippen LogP contribution in [-0.4, -0.2) is 43.2 Å². The largest absolute Gasteiger partial charge is 0.478 e. The van der Waals surface area contributed by atoms with Gasteiger partial charge in [0.1, 0.15) is 13.2 Å². The van der Waals surface area contributed by atoms with Gasteiger partial charge in [0.15, 0.2) is 5.90 Å². The molecule has 0 fully saturated rings. The molecule has 0 spiro atoms. The molecule has 0 aromatic rings. The van der Waals surface area contributed by atoms with Gasteiger partial charge in [-0.25, -0.2) is 4.99 Å². The molecule has 1 aliphatic heterocycles. The van der Waals surface area contributed by atoms with Crippen LogP contribution in [0.3, 0.4) is 0 Å². The Morgan fingerprint density at radius 3 is 2.38 bits per heavy atom. The van der Waals surface area contributed by atoms with E-state index < -0.39 is 5.41 Å². The number of aliphatic imine (C=N–C) groups is 1. The van der Waals surface area contributed by atoms with Crippen LogP contribution in [0.5, 0.6) is 0 Å². The number of carbonyl (C=O) groups excluding carboxylic acids is 2. The van der Waals surface area contributed by atoms with Crippen LogP contribution in [0.25, 0.3) is 0 Å². The maximum Gasteiger partial charge on any atom is 0.302 e. The minimum atomic E-state index is -0.500. The van der Waals surface area contributed by atoms with Crippen molar-refractivity contribution in [3.05, 3.63) is 0 Å². The number of nitrogens with zero attached hydrogens (tertiary/aromatic N) is 1. The highest BCUT2D eigenvalue weighted by Gasteiger charge is 2.39. The average Bonchev–Trinajstić information content (AvgIpc) is 2.73. The Hall–Kier alpha value is -1.59. The molecular formula is C15H25NO5. The summed E-state index contributed by atoms with van der Waals surface area (Å²) in [5.41, 5.74) is -0.762. The Balaban J connectivity index is 2.70. The fourth-order valence-corrected chi connectivity index (χ4v) is 2.07. The van der Waals surface area contributed by atoms with E-state index in [9.17, 15) is 9.59 Å². The molecule has 1 aliphatic rings. The molecule has 0 saturated carbocycles. The standard InChI is InChI=1S/C15H25NO5/c1-11(17)19-8-6-7-15(5,10-20-12(2)18)13-16-14(3,4)9-21-13/h6-10H2,1-5H3. The lowest BCUT2D eigenvalue weighted by atomic mass is 9.86. The highest BCUT2D eigenvalue weighted by atomic mass is 16.5. The molecule has 0 saturated heterocycles. The lowest BCUT2D eigenvalue weighted by Crippen LogP contribution is -2.34. The lowest BCUT2D eigenvalue weighted by Gasteiger charge is -2.28. The molecular weight excluding hydrogens is 274 g/mol. The van der Waals surface area contributed by atoms with E-state index in [2.05, 4.69) is 4.99 Å². The predicted octanol–water partition coefficient (Wildman–Crippen LogP) is 2.11. The van der Waals surface area contributed by atoms with E-state index in [4.69, 9.17) is 14.2 Å². The van der Waals surface area contributed by atoms with Crippen molar-refractivity contribution in [1.29, 1.82) is 0 Å². The molecule has 1 rings (SSSR count). The first-order valence-corrected chi connectivity index (χ1v) is 7.14. The van der Waals surface area contributed by atoms with Crippen molar-refractivity contribution >= 4 is 17.8 Å². The maximum atomic E-state index is 11.1. The second-order valence-electron chi connectivity index (χ2n) is 6.30. The van der Waals surface area contributed by atoms with Gasteiger partial charge in [0.2, 0.25) is 0 Å². The zero-order valence-electron chi connectivity index (χ0n) is 13.5. The van der Waals surface area contributed by atoms with Crippen molar-refractivity contribution in [3.8, 4) is 0 Å². The number of rotatable bonds is 7. The van der Waals surface area contributed by atoms with Crippen molar-refractivity contribution in [1.82, 2.24) is 0 Å². The Morgan fingerprint density at radius 1 is 1.29 bits per heavy atom. The van der Waals surface area contributed by atoms with Gasteiger partial charge in [0, 0.05) is 13.8 Å². The number of ether oxygens (including phenoxy) is 3. The van der Waals surface area contributed by atoms with E-state index in [-0.39, 0.29) is 24.1 Å². The average molecular weight is 299 g/mol. The number of hydrogen-bond acceptors (Lipinski definition) is 6. The summed E-state index contributed by atoms with van der Waals surface area (Å²) in [5.74, 6) is -0.0251. The molecule has 0 N–H and O–H groups in total. The molecule has 0 aromatic heterocycles. The van der Waals surface area contributed by atoms with E-state index >= 15 is 0 Å². The molecule has 6 nitrogen and oxygen atoms in total. The summed E-state index contributed by atoms with van der Waals surface area (Å²) in [4.78, 5) is 26.4. The third-order valence-corrected chi connectivity index (χ3v) is 3.25. The van der Waals surface area contributed by atoms with Crippen molar-refractivity contribution in [2.24, 2.45) is 10.4 Å². The van der Waals surface area contributed by atoms with Crippen molar-refractivity contribution in [2.75, 3.05) is 19.8 Å². The molecule has 1 heterocycles. The maximum absolute atomic E-state index is 11.1. The lowest BCUT2D eigenvalue weighted by molar-refractivity contribution is -0.143. The fraction of sp³-hybridized carbons (Fsp3) is 0.800. The van der Waals surface area contributed by atoms with E-state index in [1.54, 1.807) is 0 Å². The van der Waals surface area contributed by atoms with Gasteiger partial charge in [-0.2, -0.15) is 0 Å². The third kappa shape index (κ3) is 5.73. The van der Waals surface area contributed by atoms with Gasteiger partial charge in [-0.1, -0.05) is 0 Å². The summed E-state index contributed by atoms with van der Waals surface area (Å²) >= 11 is 0. The first-order valence-electron chi connectivity index (χ1n) is 7.14. The quantitative estimate of drug-likeness (QED) is 0.531. The first kappa shape index (κ1) is 17.5. The monoisotopic (exact) mass is 299 g/mol. The Morgan fingerprint density at radius 2 is 1.90 bits per heavy atom. The summed E-state index contributed by atoms with van der Waals surface area (Å²) in [7, 11) is 0. The smallest absolute Gasteiger partial charge is 0.302 e. The minimum absolute atomic E-state index is 0.206. The fourth-order valence-electron chi connectivity index (χ4n) is 2.07. The van der Waals surface area contributed by atoms with Gasteiger partial charge in [0.05, 0.1) is 17.6 Å². The molecule has 1 unspecified atom stereocenters. The van der Waals surface area contributed by atoms with Crippen LogP contribution in [0, 0.1) is 5.41 Å². The van der Waals surface area contributed by atoms with Gasteiger partial charge in [-0.3, -0.25) is 9.59 Å². The predicted molar refractivity (Wildman–Crippen MR) is 78.1 cm³/mol. The third-order valence-electron chi connectivity index (χ3n) is 3.25. The summed E-state index contributed by atoms with van der Waals surface area (Å²) < 4.78 is 15.8. The van der Waals surface area contributed by atoms with Gasteiger partial charge in [0.25, 0.3) is 0 Å². The summed E-state index contributed by atoms with van der Waals surface area (Å²) in [5, 5.41) is 0. The van der Waals surface area contributed by atoms with Crippen molar-refractivity contribution < 1.29 is 23.8 Å². The van der Waals surface area contributed by atoms with Gasteiger partial charge in [-0.15, -0.1) is 0 Å². The second kappa shape index (κ2) is 6.91. The molecule has 0 bridgehead atoms. The molecule has 0 amide bonds. The molecule has 0 aromatic carbocycles. The minimum Gasteiger partial charge on any atom is -0.478 e. The van der Waals surface area contributed by atoms with Crippen LogP contribution in [0.4, 0.5) is 0 Å². The molecule has 0 radical (unpaired) electrons. The molecule has 21 heavy (non-hydrogen) atoms. The van der Waals surface area contributed by atoms with Crippen LogP contribution < -0.4 is 0 Å². The molecule has 120 valence electrons. The second-order valence-corrected chi connectivity index (χ2v) is 6.30. The Kier molecular flexibility index (Phi) is 5.75. The normalized spacial score (nSPS) is 19.2. The highest BCUT2D eigenvalue weighted by molar-refractivity contribution is 5.84. The van der Waals surface area contributed by atoms with Crippen molar-refractivity contribution in [2.45, 2.75) is 53.0 Å². The first-order chi connectivity index (χ1) is 9.65. The Labute approximate surface area is 125 Å². The number of hydrogen-bond donors (Lipinski definition) is 0. The SMILES string of the molecule is CC(=O)OCCCC(C)(COC(C)=O)C1=NC(C)(C)CO1. The molecule has 1 atom stereocenters. The van der Waals surface area contributed by atoms with E-state index in [1.165, 1.54) is 13.8 Å². The topological polar surface area (TPSA) is 74.2 Å². The van der Waals surface area contributed by atoms with Crippen LogP contribution in [-0.2, 0) is 23.8 Å². The Bertz CT molecular complexity index is 430. The number of esters is 2. The van der Waals surface area contributed by atoms with E-state index in [1.807, 2.05) is 20.8 Å². The van der Waals surface area contributed by atoms with Crippen LogP contribution >= 0.6 is 0 Å². The molecule has 6 heteroatoms.